The molecular formula is C12H9F3N4O. The summed E-state index contributed by atoms with van der Waals surface area (Å²) in [5, 5.41) is 3.95. The molecule has 0 fully saturated rings. The van der Waals surface area contributed by atoms with Crippen molar-refractivity contribution in [3.63, 3.8) is 0 Å². The number of primary amides is 1. The minimum atomic E-state index is -4.67. The maximum Gasteiger partial charge on any atom is 0.434 e. The Kier molecular flexibility index (Phi) is 2.41. The third kappa shape index (κ3) is 1.60. The van der Waals surface area contributed by atoms with Crippen LogP contribution in [0.25, 0.3) is 11.2 Å². The van der Waals surface area contributed by atoms with Crippen LogP contribution in [0.5, 0.6) is 0 Å². The predicted molar refractivity (Wildman–Crippen MR) is 63.5 cm³/mol. The van der Waals surface area contributed by atoms with Crippen molar-refractivity contribution < 1.29 is 18.0 Å². The Morgan fingerprint density at radius 2 is 2.15 bits per heavy atom. The number of aromatic nitrogens is 3. The number of nitrogens with zero attached hydrogens (tertiary/aromatic N) is 3. The van der Waals surface area contributed by atoms with E-state index in [-0.39, 0.29) is 23.2 Å². The van der Waals surface area contributed by atoms with E-state index in [1.165, 1.54) is 16.8 Å². The molecule has 0 bridgehead atoms. The van der Waals surface area contributed by atoms with E-state index in [0.29, 0.717) is 11.3 Å². The van der Waals surface area contributed by atoms with Gasteiger partial charge in [0.25, 0.3) is 0 Å². The molecule has 2 heterocycles. The van der Waals surface area contributed by atoms with E-state index in [1.807, 2.05) is 0 Å². The van der Waals surface area contributed by atoms with Gasteiger partial charge in [0.05, 0.1) is 11.9 Å². The fraction of sp³-hybridized carbons (Fsp3) is 0.250. The molecule has 0 atom stereocenters. The molecule has 0 aliphatic heterocycles. The van der Waals surface area contributed by atoms with Gasteiger partial charge >= 0.3 is 6.18 Å². The van der Waals surface area contributed by atoms with Crippen LogP contribution in [0.4, 0.5) is 13.2 Å². The number of carbonyl (C=O) groups is 1. The summed E-state index contributed by atoms with van der Waals surface area (Å²) in [4.78, 5) is 15.0. The molecule has 0 aromatic carbocycles. The van der Waals surface area contributed by atoms with Crippen molar-refractivity contribution in [2.45, 2.75) is 19.5 Å². The number of fused-ring (bicyclic) bond motifs is 3. The molecular weight excluding hydrogens is 273 g/mol. The number of hydrogen-bond donors (Lipinski definition) is 1. The van der Waals surface area contributed by atoms with E-state index in [4.69, 9.17) is 5.73 Å². The predicted octanol–water partition coefficient (Wildman–Crippen LogP) is 1.56. The number of nitrogens with two attached hydrogens (primary N) is 1. The summed E-state index contributed by atoms with van der Waals surface area (Å²) in [7, 11) is 0. The molecule has 1 aliphatic carbocycles. The van der Waals surface area contributed by atoms with Gasteiger partial charge in [0, 0.05) is 23.6 Å². The van der Waals surface area contributed by atoms with Gasteiger partial charge in [-0.25, -0.2) is 9.50 Å². The molecule has 2 aromatic heterocycles. The highest BCUT2D eigenvalue weighted by molar-refractivity contribution is 6.21. The second-order valence-electron chi connectivity index (χ2n) is 4.58. The first-order valence-electron chi connectivity index (χ1n) is 5.74. The SMILES string of the molecule is CC1=C(C(N)=O)c2c(C(F)(F)F)nc3ccnn3c2C1. The highest BCUT2D eigenvalue weighted by Crippen LogP contribution is 2.41. The first-order chi connectivity index (χ1) is 9.30. The van der Waals surface area contributed by atoms with E-state index >= 15 is 0 Å². The molecule has 20 heavy (non-hydrogen) atoms. The van der Waals surface area contributed by atoms with Gasteiger partial charge < -0.3 is 5.73 Å². The lowest BCUT2D eigenvalue weighted by Gasteiger charge is -2.13. The Bertz CT molecular complexity index is 773. The van der Waals surface area contributed by atoms with Crippen LogP contribution in [0.2, 0.25) is 0 Å². The van der Waals surface area contributed by atoms with Crippen molar-refractivity contribution in [3.8, 4) is 0 Å². The third-order valence-corrected chi connectivity index (χ3v) is 3.25. The molecule has 0 spiro atoms. The summed E-state index contributed by atoms with van der Waals surface area (Å²) in [6.07, 6.45) is -3.11. The van der Waals surface area contributed by atoms with Crippen LogP contribution in [-0.2, 0) is 17.4 Å². The lowest BCUT2D eigenvalue weighted by Crippen LogP contribution is -2.19. The lowest BCUT2D eigenvalue weighted by molar-refractivity contribution is -0.141. The van der Waals surface area contributed by atoms with E-state index in [0.717, 1.165) is 0 Å². The molecule has 2 N–H and O–H groups in total. The van der Waals surface area contributed by atoms with E-state index in [1.54, 1.807) is 6.92 Å². The van der Waals surface area contributed by atoms with E-state index in [9.17, 15) is 18.0 Å². The molecule has 3 rings (SSSR count). The smallest absolute Gasteiger partial charge is 0.366 e. The van der Waals surface area contributed by atoms with Crippen molar-refractivity contribution in [3.05, 3.63) is 34.8 Å². The van der Waals surface area contributed by atoms with Crippen molar-refractivity contribution in [2.24, 2.45) is 5.73 Å². The van der Waals surface area contributed by atoms with Gasteiger partial charge in [-0.15, -0.1) is 0 Å². The molecule has 1 aliphatic rings. The maximum atomic E-state index is 13.2. The van der Waals surface area contributed by atoms with Crippen LogP contribution in [0, 0.1) is 0 Å². The minimum absolute atomic E-state index is 0.0922. The number of allylic oxidation sites excluding steroid dienone is 1. The van der Waals surface area contributed by atoms with Gasteiger partial charge in [-0.1, -0.05) is 5.57 Å². The van der Waals surface area contributed by atoms with Crippen LogP contribution in [0.1, 0.15) is 23.9 Å². The number of hydrogen-bond acceptors (Lipinski definition) is 3. The Labute approximate surface area is 110 Å². The van der Waals surface area contributed by atoms with Crippen LogP contribution in [0.15, 0.2) is 17.8 Å². The van der Waals surface area contributed by atoms with Gasteiger partial charge in [-0.05, 0) is 6.92 Å². The van der Waals surface area contributed by atoms with Crippen LogP contribution in [-0.4, -0.2) is 20.5 Å². The Morgan fingerprint density at radius 1 is 1.45 bits per heavy atom. The zero-order valence-electron chi connectivity index (χ0n) is 10.3. The van der Waals surface area contributed by atoms with Crippen molar-refractivity contribution in [2.75, 3.05) is 0 Å². The first-order valence-corrected chi connectivity index (χ1v) is 5.74. The molecule has 0 saturated carbocycles. The fourth-order valence-corrected chi connectivity index (χ4v) is 2.52. The van der Waals surface area contributed by atoms with Crippen LogP contribution < -0.4 is 5.73 Å². The molecule has 104 valence electrons. The van der Waals surface area contributed by atoms with Crippen molar-refractivity contribution in [1.82, 2.24) is 14.6 Å². The molecule has 0 saturated heterocycles. The molecule has 8 heteroatoms. The number of halogens is 3. The highest BCUT2D eigenvalue weighted by Gasteiger charge is 2.41. The average molecular weight is 282 g/mol. The van der Waals surface area contributed by atoms with Crippen LogP contribution >= 0.6 is 0 Å². The Balaban J connectivity index is 2.43. The third-order valence-electron chi connectivity index (χ3n) is 3.25. The van der Waals surface area contributed by atoms with Crippen molar-refractivity contribution >= 4 is 17.1 Å². The Morgan fingerprint density at radius 3 is 2.75 bits per heavy atom. The zero-order chi connectivity index (χ0) is 14.7. The largest absolute Gasteiger partial charge is 0.434 e. The van der Waals surface area contributed by atoms with Gasteiger partial charge in [0.15, 0.2) is 11.3 Å². The van der Waals surface area contributed by atoms with E-state index < -0.39 is 17.8 Å². The maximum absolute atomic E-state index is 13.2. The number of amides is 1. The average Bonchev–Trinajstić information content (AvgIpc) is 2.88. The van der Waals surface area contributed by atoms with Crippen LogP contribution in [0.3, 0.4) is 0 Å². The second kappa shape index (κ2) is 3.81. The first kappa shape index (κ1) is 12.6. The number of alkyl halides is 3. The zero-order valence-corrected chi connectivity index (χ0v) is 10.3. The standard InChI is InChI=1S/C12H9F3N4O/c1-5-4-6-9(8(5)11(16)20)10(12(13,14)15)18-7-2-3-17-19(6)7/h2-3H,4H2,1H3,(H2,16,20). The summed E-state index contributed by atoms with van der Waals surface area (Å²) in [6.45, 7) is 1.58. The molecule has 0 radical (unpaired) electrons. The van der Waals surface area contributed by atoms with Gasteiger partial charge in [-0.3, -0.25) is 4.79 Å². The summed E-state index contributed by atoms with van der Waals surface area (Å²) < 4.78 is 40.8. The summed E-state index contributed by atoms with van der Waals surface area (Å²) in [5.41, 5.74) is 4.63. The van der Waals surface area contributed by atoms with E-state index in [2.05, 4.69) is 10.1 Å². The summed E-state index contributed by atoms with van der Waals surface area (Å²) in [5.74, 6) is -0.889. The number of carbonyl (C=O) groups excluding carboxylic acids is 1. The lowest BCUT2D eigenvalue weighted by atomic mass is 10.0. The van der Waals surface area contributed by atoms with Gasteiger partial charge in [0.2, 0.25) is 5.91 Å². The number of rotatable bonds is 1. The Hall–Kier alpha value is -2.38. The molecule has 5 nitrogen and oxygen atoms in total. The normalized spacial score (nSPS) is 15.0. The second-order valence-corrected chi connectivity index (χ2v) is 4.58. The van der Waals surface area contributed by atoms with Crippen molar-refractivity contribution in [1.29, 1.82) is 0 Å². The summed E-state index contributed by atoms with van der Waals surface area (Å²) >= 11 is 0. The molecule has 2 aromatic rings. The monoisotopic (exact) mass is 282 g/mol. The molecule has 1 amide bonds. The fourth-order valence-electron chi connectivity index (χ4n) is 2.52. The quantitative estimate of drug-likeness (QED) is 0.862. The minimum Gasteiger partial charge on any atom is -0.366 e. The van der Waals surface area contributed by atoms with Gasteiger partial charge in [-0.2, -0.15) is 18.3 Å². The topological polar surface area (TPSA) is 73.3 Å². The summed E-state index contributed by atoms with van der Waals surface area (Å²) in [6, 6.07) is 1.38. The van der Waals surface area contributed by atoms with Gasteiger partial charge in [0.1, 0.15) is 0 Å². The highest BCUT2D eigenvalue weighted by atomic mass is 19.4. The molecule has 0 unspecified atom stereocenters.